The summed E-state index contributed by atoms with van der Waals surface area (Å²) >= 11 is 7.47. The Bertz CT molecular complexity index is 935. The van der Waals surface area contributed by atoms with E-state index in [1.54, 1.807) is 32.4 Å². The molecule has 8 heteroatoms. The SMILES string of the molecule is CCCCOc1ccc(/C=C2\SC(Nc3cc(Cl)ccc3OC)NC2=O)cc1OC. The zero-order valence-corrected chi connectivity index (χ0v) is 18.7. The van der Waals surface area contributed by atoms with Crippen molar-refractivity contribution < 1.29 is 19.0 Å². The number of rotatable bonds is 9. The predicted molar refractivity (Wildman–Crippen MR) is 123 cm³/mol. The molecule has 1 aliphatic heterocycles. The van der Waals surface area contributed by atoms with Crippen LogP contribution in [0.5, 0.6) is 17.2 Å². The van der Waals surface area contributed by atoms with Crippen molar-refractivity contribution in [1.82, 2.24) is 5.32 Å². The molecule has 1 heterocycles. The molecule has 1 amide bonds. The maximum atomic E-state index is 12.4. The molecule has 160 valence electrons. The Kier molecular flexibility index (Phi) is 7.76. The van der Waals surface area contributed by atoms with Gasteiger partial charge >= 0.3 is 0 Å². The minimum atomic E-state index is -0.338. The number of carbonyl (C=O) groups is 1. The third-order valence-corrected chi connectivity index (χ3v) is 5.68. The first-order valence-corrected chi connectivity index (χ1v) is 10.9. The Balaban J connectivity index is 1.72. The number of hydrogen-bond donors (Lipinski definition) is 2. The summed E-state index contributed by atoms with van der Waals surface area (Å²) in [4.78, 5) is 13.0. The Morgan fingerprint density at radius 3 is 2.63 bits per heavy atom. The average Bonchev–Trinajstić information content (AvgIpc) is 3.07. The lowest BCUT2D eigenvalue weighted by Crippen LogP contribution is -2.31. The number of nitrogens with one attached hydrogen (secondary N) is 2. The summed E-state index contributed by atoms with van der Waals surface area (Å²) in [5.74, 6) is 1.84. The van der Waals surface area contributed by atoms with Crippen LogP contribution in [0.15, 0.2) is 41.3 Å². The van der Waals surface area contributed by atoms with Crippen molar-refractivity contribution in [3.8, 4) is 17.2 Å². The molecule has 2 aromatic rings. The molecular weight excluding hydrogens is 424 g/mol. The molecule has 2 aromatic carbocycles. The van der Waals surface area contributed by atoms with E-state index in [9.17, 15) is 4.79 Å². The number of unbranched alkanes of at least 4 members (excludes halogenated alkanes) is 1. The summed E-state index contributed by atoms with van der Waals surface area (Å²) < 4.78 is 16.6. The summed E-state index contributed by atoms with van der Waals surface area (Å²) in [6.07, 6.45) is 3.88. The second kappa shape index (κ2) is 10.5. The summed E-state index contributed by atoms with van der Waals surface area (Å²) in [5, 5.41) is 6.73. The summed E-state index contributed by atoms with van der Waals surface area (Å²) in [6.45, 7) is 2.76. The molecule has 1 unspecified atom stereocenters. The zero-order valence-electron chi connectivity index (χ0n) is 17.2. The lowest BCUT2D eigenvalue weighted by atomic mass is 10.2. The Morgan fingerprint density at radius 2 is 1.90 bits per heavy atom. The number of anilines is 1. The van der Waals surface area contributed by atoms with Gasteiger partial charge in [-0.1, -0.05) is 42.8 Å². The van der Waals surface area contributed by atoms with E-state index in [1.165, 1.54) is 11.8 Å². The van der Waals surface area contributed by atoms with Crippen LogP contribution < -0.4 is 24.8 Å². The average molecular weight is 449 g/mol. The monoisotopic (exact) mass is 448 g/mol. The Hall–Kier alpha value is -2.51. The van der Waals surface area contributed by atoms with E-state index in [-0.39, 0.29) is 11.4 Å². The van der Waals surface area contributed by atoms with Gasteiger partial charge in [-0.15, -0.1) is 0 Å². The van der Waals surface area contributed by atoms with Gasteiger partial charge in [0.25, 0.3) is 5.91 Å². The molecule has 0 saturated carbocycles. The van der Waals surface area contributed by atoms with Gasteiger partial charge < -0.3 is 24.8 Å². The molecule has 30 heavy (non-hydrogen) atoms. The number of amides is 1. The standard InChI is InChI=1S/C22H25ClN2O4S/c1-4-5-10-29-18-8-6-14(11-19(18)28-3)12-20-21(26)25-22(30-20)24-16-13-15(23)7-9-17(16)27-2/h6-9,11-13,22,24H,4-5,10H2,1-3H3,(H,25,26)/b20-12-. The lowest BCUT2D eigenvalue weighted by molar-refractivity contribution is -0.116. The summed E-state index contributed by atoms with van der Waals surface area (Å²) in [7, 11) is 3.19. The minimum absolute atomic E-state index is 0.152. The second-order valence-electron chi connectivity index (χ2n) is 6.58. The van der Waals surface area contributed by atoms with Gasteiger partial charge in [0.15, 0.2) is 17.0 Å². The van der Waals surface area contributed by atoms with Crippen molar-refractivity contribution in [1.29, 1.82) is 0 Å². The third kappa shape index (κ3) is 5.55. The molecule has 0 aromatic heterocycles. The molecular formula is C22H25ClN2O4S. The van der Waals surface area contributed by atoms with Crippen LogP contribution in [-0.2, 0) is 4.79 Å². The molecule has 0 spiro atoms. The molecule has 1 saturated heterocycles. The normalized spacial score (nSPS) is 17.0. The molecule has 0 bridgehead atoms. The van der Waals surface area contributed by atoms with Crippen molar-refractivity contribution in [3.63, 3.8) is 0 Å². The highest BCUT2D eigenvalue weighted by molar-refractivity contribution is 8.05. The van der Waals surface area contributed by atoms with E-state index in [0.29, 0.717) is 39.5 Å². The van der Waals surface area contributed by atoms with E-state index in [1.807, 2.05) is 24.3 Å². The van der Waals surface area contributed by atoms with Crippen LogP contribution in [0.3, 0.4) is 0 Å². The summed E-state index contributed by atoms with van der Waals surface area (Å²) in [6, 6.07) is 10.9. The molecule has 1 fully saturated rings. The minimum Gasteiger partial charge on any atom is -0.495 e. The lowest BCUT2D eigenvalue weighted by Gasteiger charge is -2.15. The summed E-state index contributed by atoms with van der Waals surface area (Å²) in [5.41, 5.74) is 1.22. The third-order valence-electron chi connectivity index (χ3n) is 4.42. The smallest absolute Gasteiger partial charge is 0.260 e. The van der Waals surface area contributed by atoms with Gasteiger partial charge in [-0.25, -0.2) is 0 Å². The molecule has 0 radical (unpaired) electrons. The number of carbonyl (C=O) groups excluding carboxylic acids is 1. The highest BCUT2D eigenvalue weighted by Crippen LogP contribution is 2.35. The van der Waals surface area contributed by atoms with Crippen LogP contribution >= 0.6 is 23.4 Å². The number of methoxy groups -OCH3 is 2. The molecule has 2 N–H and O–H groups in total. The van der Waals surface area contributed by atoms with Gasteiger partial charge in [0, 0.05) is 5.02 Å². The number of hydrogen-bond acceptors (Lipinski definition) is 6. The number of ether oxygens (including phenoxy) is 3. The molecule has 3 rings (SSSR count). The van der Waals surface area contributed by atoms with Crippen molar-refractivity contribution in [2.24, 2.45) is 0 Å². The van der Waals surface area contributed by atoms with E-state index in [4.69, 9.17) is 25.8 Å². The Morgan fingerprint density at radius 1 is 1.13 bits per heavy atom. The van der Waals surface area contributed by atoms with Gasteiger partial charge in [-0.2, -0.15) is 0 Å². The van der Waals surface area contributed by atoms with Crippen LogP contribution in [0.25, 0.3) is 6.08 Å². The van der Waals surface area contributed by atoms with Gasteiger partial charge in [0.05, 0.1) is 31.4 Å². The van der Waals surface area contributed by atoms with Crippen LogP contribution in [0.2, 0.25) is 5.02 Å². The fourth-order valence-corrected chi connectivity index (χ4v) is 4.02. The zero-order chi connectivity index (χ0) is 21.5. The van der Waals surface area contributed by atoms with E-state index in [2.05, 4.69) is 17.6 Å². The van der Waals surface area contributed by atoms with E-state index in [0.717, 1.165) is 18.4 Å². The quantitative estimate of drug-likeness (QED) is 0.409. The Labute approximate surface area is 185 Å². The first-order chi connectivity index (χ1) is 14.5. The molecule has 1 atom stereocenters. The van der Waals surface area contributed by atoms with Crippen LogP contribution in [0.1, 0.15) is 25.3 Å². The molecule has 6 nitrogen and oxygen atoms in total. The van der Waals surface area contributed by atoms with Crippen LogP contribution in [0.4, 0.5) is 5.69 Å². The van der Waals surface area contributed by atoms with Gasteiger partial charge in [0.1, 0.15) is 5.75 Å². The van der Waals surface area contributed by atoms with Crippen molar-refractivity contribution in [3.05, 3.63) is 51.9 Å². The van der Waals surface area contributed by atoms with Gasteiger partial charge in [0.2, 0.25) is 0 Å². The maximum Gasteiger partial charge on any atom is 0.260 e. The van der Waals surface area contributed by atoms with Gasteiger partial charge in [-0.05, 0) is 48.4 Å². The predicted octanol–water partition coefficient (Wildman–Crippen LogP) is 5.14. The number of benzene rings is 2. The van der Waals surface area contributed by atoms with Crippen LogP contribution in [0, 0.1) is 0 Å². The first kappa shape index (κ1) is 22.2. The highest BCUT2D eigenvalue weighted by Gasteiger charge is 2.28. The van der Waals surface area contributed by atoms with E-state index < -0.39 is 0 Å². The number of thioether (sulfide) groups is 1. The van der Waals surface area contributed by atoms with E-state index >= 15 is 0 Å². The number of halogens is 1. The highest BCUT2D eigenvalue weighted by atomic mass is 35.5. The van der Waals surface area contributed by atoms with Crippen molar-refractivity contribution in [2.75, 3.05) is 26.1 Å². The topological polar surface area (TPSA) is 68.8 Å². The second-order valence-corrected chi connectivity index (χ2v) is 8.16. The van der Waals surface area contributed by atoms with Gasteiger partial charge in [-0.3, -0.25) is 4.79 Å². The van der Waals surface area contributed by atoms with Crippen molar-refractivity contribution >= 4 is 41.0 Å². The first-order valence-electron chi connectivity index (χ1n) is 9.64. The largest absolute Gasteiger partial charge is 0.495 e. The van der Waals surface area contributed by atoms with Crippen LogP contribution in [-0.4, -0.2) is 32.2 Å². The molecule has 1 aliphatic rings. The fourth-order valence-electron chi connectivity index (χ4n) is 2.87. The fraction of sp³-hybridized carbons (Fsp3) is 0.318. The van der Waals surface area contributed by atoms with Crippen molar-refractivity contribution in [2.45, 2.75) is 25.3 Å². The maximum absolute atomic E-state index is 12.4. The molecule has 0 aliphatic carbocycles.